The van der Waals surface area contributed by atoms with Crippen molar-refractivity contribution in [3.8, 4) is 5.75 Å². The van der Waals surface area contributed by atoms with Crippen LogP contribution in [0.25, 0.3) is 0 Å². The largest absolute Gasteiger partial charge is 0.485 e. The van der Waals surface area contributed by atoms with Crippen LogP contribution in [0.3, 0.4) is 0 Å². The molecule has 0 radical (unpaired) electrons. The summed E-state index contributed by atoms with van der Waals surface area (Å²) in [6, 6.07) is 10.2. The summed E-state index contributed by atoms with van der Waals surface area (Å²) in [7, 11) is 0. The fourth-order valence-electron chi connectivity index (χ4n) is 2.21. The number of hydrogen-bond acceptors (Lipinski definition) is 4. The first-order valence-corrected chi connectivity index (χ1v) is 6.87. The summed E-state index contributed by atoms with van der Waals surface area (Å²) in [6.07, 6.45) is 0. The number of benzene rings is 2. The second kappa shape index (κ2) is 6.39. The Morgan fingerprint density at radius 3 is 2.59 bits per heavy atom. The van der Waals surface area contributed by atoms with E-state index in [0.29, 0.717) is 16.9 Å². The lowest BCUT2D eigenvalue weighted by Gasteiger charge is -2.10. The molecule has 0 atom stereocenters. The minimum atomic E-state index is -0.464. The second-order valence-electron chi connectivity index (χ2n) is 5.19. The molecule has 0 bridgehead atoms. The number of Topliss-reactive ketones (excluding diaryl/α,β-unsaturated/α-hetero) is 1. The molecule has 2 rings (SSSR count). The Bertz CT molecular complexity index is 737. The van der Waals surface area contributed by atoms with Crippen molar-refractivity contribution in [1.82, 2.24) is 0 Å². The van der Waals surface area contributed by atoms with Crippen molar-refractivity contribution < 1.29 is 14.5 Å². The number of carbonyl (C=O) groups is 1. The van der Waals surface area contributed by atoms with Gasteiger partial charge in [-0.25, -0.2) is 0 Å². The van der Waals surface area contributed by atoms with Gasteiger partial charge in [0.1, 0.15) is 5.75 Å². The highest BCUT2D eigenvalue weighted by molar-refractivity contribution is 5.98. The van der Waals surface area contributed by atoms with Gasteiger partial charge in [-0.15, -0.1) is 0 Å². The van der Waals surface area contributed by atoms with Crippen LogP contribution >= 0.6 is 0 Å². The van der Waals surface area contributed by atoms with Crippen molar-refractivity contribution in [2.45, 2.75) is 20.8 Å². The molecule has 2 aromatic carbocycles. The zero-order valence-electron chi connectivity index (χ0n) is 12.8. The first kappa shape index (κ1) is 15.7. The van der Waals surface area contributed by atoms with Crippen LogP contribution < -0.4 is 4.74 Å². The molecule has 2 aromatic rings. The van der Waals surface area contributed by atoms with E-state index in [1.165, 1.54) is 6.07 Å². The Morgan fingerprint density at radius 2 is 1.91 bits per heavy atom. The number of rotatable bonds is 5. The molecule has 5 nitrogen and oxygen atoms in total. The number of nitrogens with zero attached hydrogens (tertiary/aromatic N) is 1. The van der Waals surface area contributed by atoms with E-state index in [0.717, 1.165) is 11.1 Å². The molecule has 22 heavy (non-hydrogen) atoms. The predicted octanol–water partition coefficient (Wildman–Crippen LogP) is 3.78. The molecule has 5 heteroatoms. The molecule has 0 spiro atoms. The van der Waals surface area contributed by atoms with E-state index in [9.17, 15) is 14.9 Å². The minimum absolute atomic E-state index is 0.0170. The van der Waals surface area contributed by atoms with Gasteiger partial charge in [-0.2, -0.15) is 0 Å². The van der Waals surface area contributed by atoms with Crippen LogP contribution in [0.5, 0.6) is 5.75 Å². The predicted molar refractivity (Wildman–Crippen MR) is 83.6 cm³/mol. The average Bonchev–Trinajstić information content (AvgIpc) is 2.48. The van der Waals surface area contributed by atoms with Crippen molar-refractivity contribution >= 4 is 11.5 Å². The molecule has 0 fully saturated rings. The Hall–Kier alpha value is -2.69. The monoisotopic (exact) mass is 299 g/mol. The average molecular weight is 299 g/mol. The van der Waals surface area contributed by atoms with Gasteiger partial charge < -0.3 is 4.74 Å². The molecule has 0 unspecified atom stereocenters. The summed E-state index contributed by atoms with van der Waals surface area (Å²) >= 11 is 0. The topological polar surface area (TPSA) is 69.4 Å². The molecule has 0 saturated heterocycles. The van der Waals surface area contributed by atoms with Crippen molar-refractivity contribution in [2.24, 2.45) is 0 Å². The van der Waals surface area contributed by atoms with Gasteiger partial charge in [-0.3, -0.25) is 14.9 Å². The zero-order chi connectivity index (χ0) is 16.3. The number of ether oxygens (including phenoxy) is 1. The van der Waals surface area contributed by atoms with E-state index >= 15 is 0 Å². The number of ketones is 1. The molecule has 0 amide bonds. The van der Waals surface area contributed by atoms with Crippen LogP contribution in [0.2, 0.25) is 0 Å². The number of aryl methyl sites for hydroxylation is 2. The Morgan fingerprint density at radius 1 is 1.18 bits per heavy atom. The van der Waals surface area contributed by atoms with E-state index in [4.69, 9.17) is 4.74 Å². The van der Waals surface area contributed by atoms with E-state index < -0.39 is 4.92 Å². The normalized spacial score (nSPS) is 10.3. The fraction of sp³-hybridized carbons (Fsp3) is 0.235. The maximum absolute atomic E-state index is 12.3. The molecular weight excluding hydrogens is 282 g/mol. The smallest absolute Gasteiger partial charge is 0.276 e. The molecule has 0 aliphatic carbocycles. The molecule has 0 aromatic heterocycles. The van der Waals surface area contributed by atoms with Crippen molar-refractivity contribution in [3.05, 3.63) is 68.8 Å². The van der Waals surface area contributed by atoms with Crippen LogP contribution in [0.15, 0.2) is 36.4 Å². The van der Waals surface area contributed by atoms with Gasteiger partial charge in [0, 0.05) is 11.6 Å². The highest BCUT2D eigenvalue weighted by atomic mass is 16.6. The van der Waals surface area contributed by atoms with Gasteiger partial charge in [-0.1, -0.05) is 23.8 Å². The van der Waals surface area contributed by atoms with Gasteiger partial charge >= 0.3 is 0 Å². The first-order chi connectivity index (χ1) is 10.4. The SMILES string of the molecule is Cc1ccc(C)c(C(=O)COc2cccc([N+](=O)[O-])c2C)c1. The Balaban J connectivity index is 2.17. The summed E-state index contributed by atoms with van der Waals surface area (Å²) in [5.41, 5.74) is 2.90. The van der Waals surface area contributed by atoms with Gasteiger partial charge in [0.25, 0.3) is 5.69 Å². The Labute approximate surface area is 128 Å². The van der Waals surface area contributed by atoms with Crippen LogP contribution in [0, 0.1) is 30.9 Å². The van der Waals surface area contributed by atoms with Crippen LogP contribution in [0.1, 0.15) is 27.0 Å². The third-order valence-electron chi connectivity index (χ3n) is 3.50. The first-order valence-electron chi connectivity index (χ1n) is 6.87. The summed E-state index contributed by atoms with van der Waals surface area (Å²) in [5.74, 6) is 0.208. The quantitative estimate of drug-likeness (QED) is 0.478. The summed E-state index contributed by atoms with van der Waals surface area (Å²) in [5, 5.41) is 10.9. The van der Waals surface area contributed by atoms with Crippen LogP contribution in [0.4, 0.5) is 5.69 Å². The zero-order valence-corrected chi connectivity index (χ0v) is 12.8. The lowest BCUT2D eigenvalue weighted by molar-refractivity contribution is -0.385. The van der Waals surface area contributed by atoms with E-state index in [-0.39, 0.29) is 18.1 Å². The molecule has 0 N–H and O–H groups in total. The minimum Gasteiger partial charge on any atom is -0.485 e. The maximum atomic E-state index is 12.3. The van der Waals surface area contributed by atoms with Crippen LogP contribution in [-0.4, -0.2) is 17.3 Å². The standard InChI is InChI=1S/C17H17NO4/c1-11-7-8-12(2)14(9-11)16(19)10-22-17-6-4-5-15(13(17)3)18(20)21/h4-9H,10H2,1-3H3. The number of carbonyl (C=O) groups excluding carboxylic acids is 1. The molecule has 0 aliphatic heterocycles. The molecule has 0 heterocycles. The van der Waals surface area contributed by atoms with Crippen molar-refractivity contribution in [2.75, 3.05) is 6.61 Å². The summed E-state index contributed by atoms with van der Waals surface area (Å²) in [6.45, 7) is 5.25. The van der Waals surface area contributed by atoms with Crippen molar-refractivity contribution in [1.29, 1.82) is 0 Å². The highest BCUT2D eigenvalue weighted by Crippen LogP contribution is 2.27. The lowest BCUT2D eigenvalue weighted by Crippen LogP contribution is -2.13. The van der Waals surface area contributed by atoms with E-state index in [1.54, 1.807) is 19.1 Å². The Kier molecular flexibility index (Phi) is 4.56. The molecule has 114 valence electrons. The summed E-state index contributed by atoms with van der Waals surface area (Å²) < 4.78 is 5.48. The fourth-order valence-corrected chi connectivity index (χ4v) is 2.21. The van der Waals surface area contributed by atoms with E-state index in [1.807, 2.05) is 32.0 Å². The van der Waals surface area contributed by atoms with Gasteiger partial charge in [0.2, 0.25) is 0 Å². The van der Waals surface area contributed by atoms with Crippen molar-refractivity contribution in [3.63, 3.8) is 0 Å². The number of hydrogen-bond donors (Lipinski definition) is 0. The van der Waals surface area contributed by atoms with Gasteiger partial charge in [0.15, 0.2) is 12.4 Å². The second-order valence-corrected chi connectivity index (χ2v) is 5.19. The number of nitro groups is 1. The third kappa shape index (κ3) is 3.31. The molecular formula is C17H17NO4. The molecule has 0 saturated carbocycles. The highest BCUT2D eigenvalue weighted by Gasteiger charge is 2.16. The van der Waals surface area contributed by atoms with Gasteiger partial charge in [0.05, 0.1) is 10.5 Å². The summed E-state index contributed by atoms with van der Waals surface area (Å²) in [4.78, 5) is 22.7. The lowest BCUT2D eigenvalue weighted by atomic mass is 10.0. The third-order valence-corrected chi connectivity index (χ3v) is 3.50. The van der Waals surface area contributed by atoms with Gasteiger partial charge in [-0.05, 0) is 38.5 Å². The maximum Gasteiger partial charge on any atom is 0.276 e. The van der Waals surface area contributed by atoms with Crippen LogP contribution in [-0.2, 0) is 0 Å². The molecule has 0 aliphatic rings. The number of nitro benzene ring substituents is 1. The van der Waals surface area contributed by atoms with E-state index in [2.05, 4.69) is 0 Å².